The molecule has 1 amide bonds. The first-order chi connectivity index (χ1) is 9.61. The maximum absolute atomic E-state index is 11.9. The fourth-order valence-corrected chi connectivity index (χ4v) is 2.67. The molecule has 20 heavy (non-hydrogen) atoms. The molecule has 1 saturated carbocycles. The number of aromatic nitrogens is 2. The summed E-state index contributed by atoms with van der Waals surface area (Å²) in [7, 11) is 1.84. The second-order valence-corrected chi connectivity index (χ2v) is 5.71. The van der Waals surface area contributed by atoms with Gasteiger partial charge in [-0.3, -0.25) is 9.48 Å². The highest BCUT2D eigenvalue weighted by Gasteiger charge is 2.39. The number of amides is 1. The molecule has 1 aliphatic carbocycles. The van der Waals surface area contributed by atoms with Gasteiger partial charge in [-0.2, -0.15) is 5.10 Å². The van der Waals surface area contributed by atoms with Gasteiger partial charge in [0.1, 0.15) is 0 Å². The van der Waals surface area contributed by atoms with Crippen LogP contribution in [0.15, 0.2) is 36.7 Å². The van der Waals surface area contributed by atoms with Gasteiger partial charge in [0.2, 0.25) is 5.91 Å². The highest BCUT2D eigenvalue weighted by Crippen LogP contribution is 2.41. The first kappa shape index (κ1) is 13.2. The summed E-state index contributed by atoms with van der Waals surface area (Å²) in [5.41, 5.74) is 2.13. The third-order valence-electron chi connectivity index (χ3n) is 3.54. The second-order valence-electron chi connectivity index (χ2n) is 5.27. The first-order valence-corrected chi connectivity index (χ1v) is 7.02. The quantitative estimate of drug-likeness (QED) is 0.939. The molecule has 4 nitrogen and oxygen atoms in total. The molecule has 3 rings (SSSR count). The van der Waals surface area contributed by atoms with Crippen LogP contribution in [0.5, 0.6) is 0 Å². The van der Waals surface area contributed by atoms with Crippen LogP contribution in [0.25, 0.3) is 0 Å². The lowest BCUT2D eigenvalue weighted by Crippen LogP contribution is -2.28. The van der Waals surface area contributed by atoms with Crippen LogP contribution in [0.4, 0.5) is 0 Å². The van der Waals surface area contributed by atoms with Gasteiger partial charge < -0.3 is 5.32 Å². The minimum Gasteiger partial charge on any atom is -0.352 e. The van der Waals surface area contributed by atoms with Crippen LogP contribution in [-0.4, -0.2) is 21.7 Å². The first-order valence-electron chi connectivity index (χ1n) is 6.64. The number of benzene rings is 1. The lowest BCUT2D eigenvalue weighted by Gasteiger charge is -2.04. The zero-order valence-electron chi connectivity index (χ0n) is 11.2. The van der Waals surface area contributed by atoms with Crippen LogP contribution in [0.2, 0.25) is 5.02 Å². The summed E-state index contributed by atoms with van der Waals surface area (Å²) in [5, 5.41) is 7.86. The highest BCUT2D eigenvalue weighted by atomic mass is 35.5. The third kappa shape index (κ3) is 3.02. The topological polar surface area (TPSA) is 46.9 Å². The summed E-state index contributed by atoms with van der Waals surface area (Å²) in [5.74, 6) is 0.444. The molecular formula is C15H16ClN3O. The van der Waals surface area contributed by atoms with Crippen molar-refractivity contribution in [3.05, 3.63) is 52.8 Å². The van der Waals surface area contributed by atoms with Crippen molar-refractivity contribution >= 4 is 17.5 Å². The van der Waals surface area contributed by atoms with Gasteiger partial charge in [0.15, 0.2) is 0 Å². The van der Waals surface area contributed by atoms with Crippen LogP contribution < -0.4 is 5.32 Å². The van der Waals surface area contributed by atoms with Gasteiger partial charge in [-0.1, -0.05) is 23.7 Å². The molecule has 0 radical (unpaired) electrons. The molecule has 104 valence electrons. The summed E-state index contributed by atoms with van der Waals surface area (Å²) >= 11 is 5.98. The Morgan fingerprint density at radius 2 is 2.40 bits per heavy atom. The second kappa shape index (κ2) is 5.29. The van der Waals surface area contributed by atoms with Gasteiger partial charge in [0.05, 0.1) is 12.6 Å². The summed E-state index contributed by atoms with van der Waals surface area (Å²) in [6.45, 7) is 0. The van der Waals surface area contributed by atoms with E-state index in [4.69, 9.17) is 11.6 Å². The standard InChI is InChI=1S/C15H16ClN3O/c1-19-9-10(8-17-19)5-15(20)18-14-7-13(14)11-3-2-4-12(16)6-11/h2-4,6,8-9,13-14H,5,7H2,1H3,(H,18,20)/t13-,14+/m0/s1. The van der Waals surface area contributed by atoms with Gasteiger partial charge in [0.25, 0.3) is 0 Å². The Labute approximate surface area is 122 Å². The van der Waals surface area contributed by atoms with Crippen molar-refractivity contribution in [3.63, 3.8) is 0 Å². The maximum atomic E-state index is 11.9. The molecule has 2 atom stereocenters. The normalized spacial score (nSPS) is 20.7. The van der Waals surface area contributed by atoms with Gasteiger partial charge in [-0.15, -0.1) is 0 Å². The number of aryl methyl sites for hydroxylation is 1. The zero-order valence-corrected chi connectivity index (χ0v) is 12.0. The number of nitrogens with one attached hydrogen (secondary N) is 1. The van der Waals surface area contributed by atoms with Gasteiger partial charge in [0, 0.05) is 30.2 Å². The van der Waals surface area contributed by atoms with Crippen molar-refractivity contribution in [2.45, 2.75) is 24.8 Å². The fraction of sp³-hybridized carbons (Fsp3) is 0.333. The molecule has 1 aromatic carbocycles. The molecule has 1 aliphatic rings. The minimum atomic E-state index is 0.0486. The lowest BCUT2D eigenvalue weighted by molar-refractivity contribution is -0.120. The van der Waals surface area contributed by atoms with E-state index in [9.17, 15) is 4.79 Å². The van der Waals surface area contributed by atoms with E-state index in [1.807, 2.05) is 31.4 Å². The Morgan fingerprint density at radius 1 is 1.55 bits per heavy atom. The van der Waals surface area contributed by atoms with E-state index in [1.165, 1.54) is 5.56 Å². The number of carbonyl (C=O) groups excluding carboxylic acids is 1. The van der Waals surface area contributed by atoms with E-state index in [-0.39, 0.29) is 11.9 Å². The Morgan fingerprint density at radius 3 is 3.10 bits per heavy atom. The van der Waals surface area contributed by atoms with E-state index in [1.54, 1.807) is 10.9 Å². The SMILES string of the molecule is Cn1cc(CC(=O)N[C@@H]2C[C@H]2c2cccc(Cl)c2)cn1. The fourth-order valence-electron chi connectivity index (χ4n) is 2.47. The molecule has 5 heteroatoms. The highest BCUT2D eigenvalue weighted by molar-refractivity contribution is 6.30. The Bertz CT molecular complexity index is 638. The average molecular weight is 290 g/mol. The van der Waals surface area contributed by atoms with Crippen molar-refractivity contribution in [2.24, 2.45) is 7.05 Å². The van der Waals surface area contributed by atoms with Crippen LogP contribution in [0, 0.1) is 0 Å². The molecule has 0 aliphatic heterocycles. The number of hydrogen-bond donors (Lipinski definition) is 1. The van der Waals surface area contributed by atoms with Crippen LogP contribution in [0.3, 0.4) is 0 Å². The minimum absolute atomic E-state index is 0.0486. The van der Waals surface area contributed by atoms with Crippen molar-refractivity contribution in [2.75, 3.05) is 0 Å². The number of nitrogens with zero attached hydrogens (tertiary/aromatic N) is 2. The monoisotopic (exact) mass is 289 g/mol. The summed E-state index contributed by atoms with van der Waals surface area (Å²) in [6, 6.07) is 8.08. The van der Waals surface area contributed by atoms with Crippen molar-refractivity contribution in [1.82, 2.24) is 15.1 Å². The largest absolute Gasteiger partial charge is 0.352 e. The number of rotatable bonds is 4. The van der Waals surface area contributed by atoms with Crippen LogP contribution in [-0.2, 0) is 18.3 Å². The smallest absolute Gasteiger partial charge is 0.224 e. The van der Waals surface area contributed by atoms with Gasteiger partial charge >= 0.3 is 0 Å². The molecule has 0 spiro atoms. The number of halogens is 1. The van der Waals surface area contributed by atoms with E-state index in [2.05, 4.69) is 16.5 Å². The Hall–Kier alpha value is -1.81. The van der Waals surface area contributed by atoms with E-state index in [0.29, 0.717) is 12.3 Å². The van der Waals surface area contributed by atoms with E-state index in [0.717, 1.165) is 17.0 Å². The molecular weight excluding hydrogens is 274 g/mol. The van der Waals surface area contributed by atoms with Gasteiger partial charge in [-0.05, 0) is 29.7 Å². The number of hydrogen-bond acceptors (Lipinski definition) is 2. The third-order valence-corrected chi connectivity index (χ3v) is 3.77. The molecule has 1 N–H and O–H groups in total. The van der Waals surface area contributed by atoms with Crippen molar-refractivity contribution in [3.8, 4) is 0 Å². The predicted molar refractivity (Wildman–Crippen MR) is 77.7 cm³/mol. The Kier molecular flexibility index (Phi) is 3.49. The zero-order chi connectivity index (χ0) is 14.1. The van der Waals surface area contributed by atoms with Crippen LogP contribution in [0.1, 0.15) is 23.5 Å². The predicted octanol–water partition coefficient (Wildman–Crippen LogP) is 2.29. The van der Waals surface area contributed by atoms with Crippen LogP contribution >= 0.6 is 11.6 Å². The molecule has 1 fully saturated rings. The molecule has 1 aromatic heterocycles. The van der Waals surface area contributed by atoms with E-state index < -0.39 is 0 Å². The van der Waals surface area contributed by atoms with Gasteiger partial charge in [-0.25, -0.2) is 0 Å². The molecule has 0 bridgehead atoms. The molecule has 0 unspecified atom stereocenters. The molecule has 0 saturated heterocycles. The molecule has 1 heterocycles. The maximum Gasteiger partial charge on any atom is 0.224 e. The average Bonchev–Trinajstić information content (AvgIpc) is 3.04. The summed E-state index contributed by atoms with van der Waals surface area (Å²) in [4.78, 5) is 11.9. The Balaban J connectivity index is 1.54. The van der Waals surface area contributed by atoms with E-state index >= 15 is 0 Å². The molecule has 2 aromatic rings. The summed E-state index contributed by atoms with van der Waals surface area (Å²) < 4.78 is 1.70. The van der Waals surface area contributed by atoms with Crippen molar-refractivity contribution < 1.29 is 4.79 Å². The lowest BCUT2D eigenvalue weighted by atomic mass is 10.1. The summed E-state index contributed by atoms with van der Waals surface area (Å²) in [6.07, 6.45) is 4.95. The number of carbonyl (C=O) groups is 1. The van der Waals surface area contributed by atoms with Crippen molar-refractivity contribution in [1.29, 1.82) is 0 Å².